The summed E-state index contributed by atoms with van der Waals surface area (Å²) in [5.41, 5.74) is 0.144. The van der Waals surface area contributed by atoms with E-state index in [2.05, 4.69) is 19.5 Å². The number of ether oxygens (including phenoxy) is 2. The van der Waals surface area contributed by atoms with Gasteiger partial charge in [-0.3, -0.25) is 4.72 Å². The molecule has 0 radical (unpaired) electrons. The summed E-state index contributed by atoms with van der Waals surface area (Å²) in [7, 11) is -3.56. The van der Waals surface area contributed by atoms with Crippen LogP contribution in [-0.4, -0.2) is 33.6 Å². The summed E-state index contributed by atoms with van der Waals surface area (Å²) in [6.45, 7) is 3.02. The number of sulfonamides is 1. The monoisotopic (exact) mass is 322 g/mol. The molecule has 2 N–H and O–H groups in total. The summed E-state index contributed by atoms with van der Waals surface area (Å²) in [6, 6.07) is 3.72. The van der Waals surface area contributed by atoms with E-state index in [1.54, 1.807) is 0 Å². The summed E-state index contributed by atoms with van der Waals surface area (Å²) in [5.74, 6) is -0.450. The van der Waals surface area contributed by atoms with Crippen molar-refractivity contribution in [3.63, 3.8) is 0 Å². The fourth-order valence-corrected chi connectivity index (χ4v) is 2.75. The normalized spacial score (nSPS) is 16.0. The Morgan fingerprint density at radius 1 is 1.19 bits per heavy atom. The maximum Gasteiger partial charge on any atom is 0.586 e. The molecular weight excluding hydrogens is 306 g/mol. The van der Waals surface area contributed by atoms with Gasteiger partial charge in [0.2, 0.25) is 10.0 Å². The van der Waals surface area contributed by atoms with Crippen molar-refractivity contribution in [3.8, 4) is 11.5 Å². The molecular formula is C12H16F2N2O4S. The average molecular weight is 322 g/mol. The van der Waals surface area contributed by atoms with Crippen molar-refractivity contribution in [3.05, 3.63) is 18.2 Å². The number of fused-ring (bicyclic) bond motifs is 1. The van der Waals surface area contributed by atoms with E-state index in [4.69, 9.17) is 0 Å². The number of anilines is 1. The fraction of sp³-hybridized carbons (Fsp3) is 0.500. The maximum atomic E-state index is 12.9. The van der Waals surface area contributed by atoms with Crippen LogP contribution in [0.5, 0.6) is 11.5 Å². The van der Waals surface area contributed by atoms with Crippen LogP contribution in [0, 0.1) is 0 Å². The van der Waals surface area contributed by atoms with Gasteiger partial charge in [0.1, 0.15) is 0 Å². The maximum absolute atomic E-state index is 12.9. The molecule has 0 aliphatic carbocycles. The minimum Gasteiger partial charge on any atom is -0.395 e. The van der Waals surface area contributed by atoms with Crippen LogP contribution in [-0.2, 0) is 10.0 Å². The molecule has 1 aromatic carbocycles. The summed E-state index contributed by atoms with van der Waals surface area (Å²) in [6.07, 6.45) is -2.81. The highest BCUT2D eigenvalue weighted by Gasteiger charge is 2.43. The SMILES string of the molecule is CCCNCCS(=O)(=O)Nc1ccc2c(c1)OC(F)(F)O2. The first-order chi connectivity index (χ1) is 9.81. The van der Waals surface area contributed by atoms with Crippen LogP contribution in [0.15, 0.2) is 18.2 Å². The molecule has 0 amide bonds. The average Bonchev–Trinajstić information content (AvgIpc) is 2.67. The number of hydrogen-bond acceptors (Lipinski definition) is 5. The highest BCUT2D eigenvalue weighted by molar-refractivity contribution is 7.92. The lowest BCUT2D eigenvalue weighted by atomic mass is 10.3. The predicted molar refractivity (Wildman–Crippen MR) is 73.2 cm³/mol. The third-order valence-electron chi connectivity index (χ3n) is 2.65. The van der Waals surface area contributed by atoms with E-state index < -0.39 is 16.3 Å². The molecule has 1 aliphatic rings. The van der Waals surface area contributed by atoms with Gasteiger partial charge in [0, 0.05) is 12.6 Å². The second-order valence-corrected chi connectivity index (χ2v) is 6.34. The standard InChI is InChI=1S/C12H16F2N2O4S/c1-2-5-15-6-7-21(17,18)16-9-3-4-10-11(8-9)20-12(13,14)19-10/h3-4,8,15-16H,2,5-7H2,1H3. The van der Waals surface area contributed by atoms with Crippen LogP contribution >= 0.6 is 0 Å². The zero-order valence-electron chi connectivity index (χ0n) is 11.4. The van der Waals surface area contributed by atoms with Gasteiger partial charge in [-0.1, -0.05) is 6.92 Å². The van der Waals surface area contributed by atoms with Crippen molar-refractivity contribution in [2.45, 2.75) is 19.6 Å². The quantitative estimate of drug-likeness (QED) is 0.748. The number of halogens is 2. The third-order valence-corrected chi connectivity index (χ3v) is 3.94. The highest BCUT2D eigenvalue weighted by Crippen LogP contribution is 2.42. The van der Waals surface area contributed by atoms with E-state index in [9.17, 15) is 17.2 Å². The van der Waals surface area contributed by atoms with Gasteiger partial charge in [-0.2, -0.15) is 0 Å². The first-order valence-corrected chi connectivity index (χ1v) is 8.08. The van der Waals surface area contributed by atoms with Crippen molar-refractivity contribution in [1.82, 2.24) is 5.32 Å². The Balaban J connectivity index is 1.98. The lowest BCUT2D eigenvalue weighted by molar-refractivity contribution is -0.286. The minimum absolute atomic E-state index is 0.113. The molecule has 21 heavy (non-hydrogen) atoms. The molecule has 0 saturated heterocycles. The smallest absolute Gasteiger partial charge is 0.395 e. The molecule has 0 spiro atoms. The third kappa shape index (κ3) is 4.43. The molecule has 0 saturated carbocycles. The van der Waals surface area contributed by atoms with Crippen LogP contribution in [0.25, 0.3) is 0 Å². The highest BCUT2D eigenvalue weighted by atomic mass is 32.2. The van der Waals surface area contributed by atoms with Crippen molar-refractivity contribution < 1.29 is 26.7 Å². The van der Waals surface area contributed by atoms with Crippen molar-refractivity contribution in [1.29, 1.82) is 0 Å². The van der Waals surface area contributed by atoms with Crippen LogP contribution in [0.3, 0.4) is 0 Å². The van der Waals surface area contributed by atoms with E-state index in [0.29, 0.717) is 6.54 Å². The Morgan fingerprint density at radius 2 is 1.90 bits per heavy atom. The topological polar surface area (TPSA) is 76.7 Å². The molecule has 1 aromatic rings. The number of benzene rings is 1. The zero-order chi connectivity index (χ0) is 15.5. The molecule has 118 valence electrons. The zero-order valence-corrected chi connectivity index (χ0v) is 12.2. The van der Waals surface area contributed by atoms with E-state index in [1.165, 1.54) is 12.1 Å². The Hall–Kier alpha value is -1.61. The molecule has 2 rings (SSSR count). The molecule has 9 heteroatoms. The van der Waals surface area contributed by atoms with Gasteiger partial charge >= 0.3 is 6.29 Å². The second kappa shape index (κ2) is 6.02. The van der Waals surface area contributed by atoms with Gasteiger partial charge in [0.15, 0.2) is 11.5 Å². The molecule has 0 fully saturated rings. The van der Waals surface area contributed by atoms with Crippen LogP contribution in [0.1, 0.15) is 13.3 Å². The van der Waals surface area contributed by atoms with Crippen LogP contribution < -0.4 is 19.5 Å². The number of alkyl halides is 2. The molecule has 0 aromatic heterocycles. The van der Waals surface area contributed by atoms with Gasteiger partial charge < -0.3 is 14.8 Å². The molecule has 0 unspecified atom stereocenters. The lowest BCUT2D eigenvalue weighted by Crippen LogP contribution is -2.27. The molecule has 1 aliphatic heterocycles. The van der Waals surface area contributed by atoms with Gasteiger partial charge in [-0.15, -0.1) is 8.78 Å². The van der Waals surface area contributed by atoms with Crippen LogP contribution in [0.2, 0.25) is 0 Å². The Morgan fingerprint density at radius 3 is 2.62 bits per heavy atom. The van der Waals surface area contributed by atoms with Gasteiger partial charge in [0.25, 0.3) is 0 Å². The summed E-state index contributed by atoms with van der Waals surface area (Å²) in [4.78, 5) is 0. The Labute approximate surface area is 121 Å². The summed E-state index contributed by atoms with van der Waals surface area (Å²) < 4.78 is 60.1. The summed E-state index contributed by atoms with van der Waals surface area (Å²) in [5, 5.41) is 2.97. The van der Waals surface area contributed by atoms with E-state index in [-0.39, 0.29) is 22.9 Å². The van der Waals surface area contributed by atoms with Crippen molar-refractivity contribution in [2.75, 3.05) is 23.6 Å². The molecule has 1 heterocycles. The van der Waals surface area contributed by atoms with E-state index >= 15 is 0 Å². The van der Waals surface area contributed by atoms with E-state index in [0.717, 1.165) is 19.0 Å². The number of rotatable bonds is 7. The minimum atomic E-state index is -3.72. The lowest BCUT2D eigenvalue weighted by Gasteiger charge is -2.09. The first-order valence-electron chi connectivity index (χ1n) is 6.42. The molecule has 0 atom stereocenters. The van der Waals surface area contributed by atoms with Gasteiger partial charge in [-0.25, -0.2) is 8.42 Å². The van der Waals surface area contributed by atoms with Crippen molar-refractivity contribution >= 4 is 15.7 Å². The number of hydrogen-bond donors (Lipinski definition) is 2. The van der Waals surface area contributed by atoms with Gasteiger partial charge in [0.05, 0.1) is 11.4 Å². The Bertz CT molecular complexity index is 607. The second-order valence-electron chi connectivity index (χ2n) is 4.50. The largest absolute Gasteiger partial charge is 0.586 e. The molecule has 0 bridgehead atoms. The summed E-state index contributed by atoms with van der Waals surface area (Å²) >= 11 is 0. The van der Waals surface area contributed by atoms with Crippen molar-refractivity contribution in [2.24, 2.45) is 0 Å². The van der Waals surface area contributed by atoms with Crippen LogP contribution in [0.4, 0.5) is 14.5 Å². The molecule has 6 nitrogen and oxygen atoms in total. The van der Waals surface area contributed by atoms with Gasteiger partial charge in [-0.05, 0) is 25.1 Å². The fourth-order valence-electron chi connectivity index (χ4n) is 1.75. The Kier molecular flexibility index (Phi) is 4.52. The predicted octanol–water partition coefficient (Wildman–Crippen LogP) is 1.75. The van der Waals surface area contributed by atoms with E-state index in [1.807, 2.05) is 6.92 Å². The number of nitrogens with one attached hydrogen (secondary N) is 2. The first kappa shape index (κ1) is 15.8.